The highest BCUT2D eigenvalue weighted by Crippen LogP contribution is 2.18. The van der Waals surface area contributed by atoms with Gasteiger partial charge in [-0.25, -0.2) is 4.79 Å². The van der Waals surface area contributed by atoms with Gasteiger partial charge in [0.05, 0.1) is 13.2 Å². The molecule has 0 aliphatic carbocycles. The van der Waals surface area contributed by atoms with Crippen LogP contribution in [-0.2, 0) is 4.74 Å². The number of carbonyl (C=O) groups is 2. The van der Waals surface area contributed by atoms with E-state index in [1.807, 2.05) is 0 Å². The number of Topliss-reactive ketones (excluding diaryl/α,β-unsaturated/α-hetero) is 1. The molecule has 3 N–H and O–H groups in total. The molecule has 16 heavy (non-hydrogen) atoms. The molecule has 0 bridgehead atoms. The number of aryl methyl sites for hydroxylation is 1. The van der Waals surface area contributed by atoms with Crippen molar-refractivity contribution in [2.24, 2.45) is 5.73 Å². The third-order valence-electron chi connectivity index (χ3n) is 2.38. The predicted octanol–water partition coefficient (Wildman–Crippen LogP) is 0.950. The molecule has 0 aromatic carbocycles. The highest BCUT2D eigenvalue weighted by Gasteiger charge is 2.21. The summed E-state index contributed by atoms with van der Waals surface area (Å²) in [6.45, 7) is 5.41. The van der Waals surface area contributed by atoms with E-state index in [0.29, 0.717) is 29.1 Å². The van der Waals surface area contributed by atoms with Gasteiger partial charge in [-0.15, -0.1) is 0 Å². The molecule has 88 valence electrons. The Morgan fingerprint density at radius 2 is 2.00 bits per heavy atom. The highest BCUT2D eigenvalue weighted by atomic mass is 16.5. The number of ether oxygens (including phenoxy) is 1. The molecule has 0 spiro atoms. The van der Waals surface area contributed by atoms with Gasteiger partial charge in [0.25, 0.3) is 0 Å². The van der Waals surface area contributed by atoms with Crippen LogP contribution in [0.4, 0.5) is 0 Å². The van der Waals surface area contributed by atoms with Crippen molar-refractivity contribution in [1.29, 1.82) is 0 Å². The van der Waals surface area contributed by atoms with Crippen LogP contribution in [-0.4, -0.2) is 29.9 Å². The van der Waals surface area contributed by atoms with E-state index < -0.39 is 5.97 Å². The third kappa shape index (κ3) is 2.14. The molecule has 0 unspecified atom stereocenters. The summed E-state index contributed by atoms with van der Waals surface area (Å²) in [5.74, 6) is -0.624. The maximum atomic E-state index is 11.6. The molecular formula is C11H16N2O3. The molecule has 0 aliphatic heterocycles. The van der Waals surface area contributed by atoms with Gasteiger partial charge in [-0.3, -0.25) is 4.79 Å². The molecule has 5 nitrogen and oxygen atoms in total. The fraction of sp³-hybridized carbons (Fsp3) is 0.455. The summed E-state index contributed by atoms with van der Waals surface area (Å²) >= 11 is 0. The minimum Gasteiger partial charge on any atom is -0.461 e. The Morgan fingerprint density at radius 1 is 1.38 bits per heavy atom. The van der Waals surface area contributed by atoms with Crippen molar-refractivity contribution in [1.82, 2.24) is 4.98 Å². The van der Waals surface area contributed by atoms with E-state index in [2.05, 4.69) is 4.98 Å². The van der Waals surface area contributed by atoms with Crippen LogP contribution in [0.2, 0.25) is 0 Å². The molecule has 0 aliphatic rings. The zero-order chi connectivity index (χ0) is 12.3. The topological polar surface area (TPSA) is 85.2 Å². The number of aromatic nitrogens is 1. The number of hydrogen-bond acceptors (Lipinski definition) is 4. The van der Waals surface area contributed by atoms with Gasteiger partial charge >= 0.3 is 5.97 Å². The number of nitrogens with two attached hydrogens (primary N) is 1. The lowest BCUT2D eigenvalue weighted by molar-refractivity contribution is 0.0519. The van der Waals surface area contributed by atoms with Crippen molar-refractivity contribution in [3.05, 3.63) is 22.5 Å². The Balaban J connectivity index is 3.16. The predicted molar refractivity (Wildman–Crippen MR) is 59.6 cm³/mol. The molecule has 0 saturated heterocycles. The minimum absolute atomic E-state index is 0.0677. The molecule has 0 fully saturated rings. The van der Waals surface area contributed by atoms with E-state index in [1.54, 1.807) is 20.8 Å². The summed E-state index contributed by atoms with van der Waals surface area (Å²) in [7, 11) is 0. The second kappa shape index (κ2) is 4.94. The number of H-pyrrole nitrogens is 1. The number of esters is 1. The normalized spacial score (nSPS) is 10.2. The Hall–Kier alpha value is -1.62. The van der Waals surface area contributed by atoms with Crippen molar-refractivity contribution in [3.8, 4) is 0 Å². The molecule has 1 heterocycles. The van der Waals surface area contributed by atoms with Crippen molar-refractivity contribution in [2.75, 3.05) is 13.2 Å². The number of nitrogens with one attached hydrogen (secondary N) is 1. The van der Waals surface area contributed by atoms with Gasteiger partial charge in [0.2, 0.25) is 0 Å². The van der Waals surface area contributed by atoms with Crippen LogP contribution in [0, 0.1) is 13.8 Å². The summed E-state index contributed by atoms with van der Waals surface area (Å²) in [6.07, 6.45) is 0. The van der Waals surface area contributed by atoms with Crippen molar-refractivity contribution in [2.45, 2.75) is 20.8 Å². The number of hydrogen-bond donors (Lipinski definition) is 2. The summed E-state index contributed by atoms with van der Waals surface area (Å²) in [5, 5.41) is 0. The zero-order valence-corrected chi connectivity index (χ0v) is 9.72. The molecule has 1 aromatic rings. The lowest BCUT2D eigenvalue weighted by Gasteiger charge is -2.01. The van der Waals surface area contributed by atoms with E-state index in [9.17, 15) is 9.59 Å². The first-order valence-electron chi connectivity index (χ1n) is 5.12. The molecule has 0 atom stereocenters. The first-order valence-corrected chi connectivity index (χ1v) is 5.12. The Morgan fingerprint density at radius 3 is 2.50 bits per heavy atom. The smallest absolute Gasteiger partial charge is 0.355 e. The van der Waals surface area contributed by atoms with Gasteiger partial charge in [-0.1, -0.05) is 0 Å². The Bertz CT molecular complexity index is 421. The number of ketones is 1. The van der Waals surface area contributed by atoms with Gasteiger partial charge in [-0.05, 0) is 26.3 Å². The fourth-order valence-electron chi connectivity index (χ4n) is 1.68. The van der Waals surface area contributed by atoms with Gasteiger partial charge in [-0.2, -0.15) is 0 Å². The third-order valence-corrected chi connectivity index (χ3v) is 2.38. The molecular weight excluding hydrogens is 208 g/mol. The maximum absolute atomic E-state index is 11.6. The average molecular weight is 224 g/mol. The van der Waals surface area contributed by atoms with E-state index >= 15 is 0 Å². The Kier molecular flexibility index (Phi) is 3.84. The van der Waals surface area contributed by atoms with E-state index in [4.69, 9.17) is 10.5 Å². The molecule has 0 radical (unpaired) electrons. The molecule has 1 rings (SSSR count). The van der Waals surface area contributed by atoms with Gasteiger partial charge in [0, 0.05) is 11.3 Å². The fourth-order valence-corrected chi connectivity index (χ4v) is 1.68. The van der Waals surface area contributed by atoms with Crippen molar-refractivity contribution < 1.29 is 14.3 Å². The van der Waals surface area contributed by atoms with Crippen LogP contribution in [0.1, 0.15) is 39.0 Å². The number of aromatic amines is 1. The summed E-state index contributed by atoms with van der Waals surface area (Å²) in [5.41, 5.74) is 7.38. The molecule has 0 amide bonds. The lowest BCUT2D eigenvalue weighted by atomic mass is 10.1. The minimum atomic E-state index is -0.445. The van der Waals surface area contributed by atoms with Crippen LogP contribution >= 0.6 is 0 Å². The average Bonchev–Trinajstić information content (AvgIpc) is 2.54. The van der Waals surface area contributed by atoms with E-state index in [-0.39, 0.29) is 12.3 Å². The molecule has 5 heteroatoms. The second-order valence-electron chi connectivity index (χ2n) is 3.47. The second-order valence-corrected chi connectivity index (χ2v) is 3.47. The van der Waals surface area contributed by atoms with Crippen LogP contribution in [0.3, 0.4) is 0 Å². The summed E-state index contributed by atoms with van der Waals surface area (Å²) < 4.78 is 4.88. The maximum Gasteiger partial charge on any atom is 0.355 e. The van der Waals surface area contributed by atoms with Gasteiger partial charge in [0.15, 0.2) is 5.78 Å². The van der Waals surface area contributed by atoms with Gasteiger partial charge < -0.3 is 15.5 Å². The van der Waals surface area contributed by atoms with Crippen molar-refractivity contribution >= 4 is 11.8 Å². The van der Waals surface area contributed by atoms with Crippen LogP contribution in [0.25, 0.3) is 0 Å². The quantitative estimate of drug-likeness (QED) is 0.589. The van der Waals surface area contributed by atoms with Crippen LogP contribution < -0.4 is 5.73 Å². The highest BCUT2D eigenvalue weighted by molar-refractivity contribution is 6.03. The van der Waals surface area contributed by atoms with Gasteiger partial charge in [0.1, 0.15) is 5.69 Å². The summed E-state index contributed by atoms with van der Waals surface area (Å²) in [6, 6.07) is 0. The standard InChI is InChI=1S/C11H16N2O3/c1-4-16-11(15)10-6(2)9(7(3)13-10)8(14)5-12/h13H,4-5,12H2,1-3H3. The van der Waals surface area contributed by atoms with E-state index in [1.165, 1.54) is 0 Å². The lowest BCUT2D eigenvalue weighted by Crippen LogP contribution is -2.15. The SMILES string of the molecule is CCOC(=O)c1[nH]c(C)c(C(=O)CN)c1C. The largest absolute Gasteiger partial charge is 0.461 e. The first-order chi connectivity index (χ1) is 7.52. The van der Waals surface area contributed by atoms with Crippen LogP contribution in [0.15, 0.2) is 0 Å². The first kappa shape index (κ1) is 12.4. The van der Waals surface area contributed by atoms with Crippen molar-refractivity contribution in [3.63, 3.8) is 0 Å². The zero-order valence-electron chi connectivity index (χ0n) is 9.72. The molecule has 1 aromatic heterocycles. The van der Waals surface area contributed by atoms with Crippen LogP contribution in [0.5, 0.6) is 0 Å². The Labute approximate surface area is 94.0 Å². The molecule has 0 saturated carbocycles. The number of carbonyl (C=O) groups excluding carboxylic acids is 2. The van der Waals surface area contributed by atoms with E-state index in [0.717, 1.165) is 0 Å². The monoisotopic (exact) mass is 224 g/mol. The summed E-state index contributed by atoms with van der Waals surface area (Å²) in [4.78, 5) is 26.0. The number of rotatable bonds is 4.